The van der Waals surface area contributed by atoms with Gasteiger partial charge < -0.3 is 10.1 Å². The predicted molar refractivity (Wildman–Crippen MR) is 123 cm³/mol. The first-order valence-electron chi connectivity index (χ1n) is 10.1. The number of aromatic hydroxyl groups is 1. The van der Waals surface area contributed by atoms with Gasteiger partial charge in [-0.3, -0.25) is 4.79 Å². The number of hydrogen-bond acceptors (Lipinski definition) is 4. The van der Waals surface area contributed by atoms with Crippen molar-refractivity contribution in [2.75, 3.05) is 0 Å². The number of aromatic nitrogens is 3. The fourth-order valence-corrected chi connectivity index (χ4v) is 3.63. The number of azo groups is 1. The van der Waals surface area contributed by atoms with E-state index in [4.69, 9.17) is 0 Å². The summed E-state index contributed by atoms with van der Waals surface area (Å²) < 4.78 is 1.56. The summed E-state index contributed by atoms with van der Waals surface area (Å²) in [7, 11) is 0. The first-order chi connectivity index (χ1) is 15.6. The van der Waals surface area contributed by atoms with Crippen LogP contribution in [0.2, 0.25) is 0 Å². The summed E-state index contributed by atoms with van der Waals surface area (Å²) in [5, 5.41) is 23.6. The second kappa shape index (κ2) is 7.96. The molecule has 0 saturated heterocycles. The van der Waals surface area contributed by atoms with Gasteiger partial charge >= 0.3 is 5.91 Å². The van der Waals surface area contributed by atoms with Gasteiger partial charge in [-0.1, -0.05) is 66.7 Å². The minimum Gasteiger partial charge on any atom is -0.493 e. The Bertz CT molecular complexity index is 1450. The molecule has 5 aromatic rings. The van der Waals surface area contributed by atoms with Crippen molar-refractivity contribution in [3.8, 4) is 22.8 Å². The van der Waals surface area contributed by atoms with E-state index in [1.165, 1.54) is 0 Å². The summed E-state index contributed by atoms with van der Waals surface area (Å²) in [5.41, 5.74) is 4.49. The lowest BCUT2D eigenvalue weighted by Gasteiger charge is -2.04. The second-order valence-corrected chi connectivity index (χ2v) is 7.35. The van der Waals surface area contributed by atoms with Crippen molar-refractivity contribution < 1.29 is 9.90 Å². The summed E-state index contributed by atoms with van der Waals surface area (Å²) in [6.45, 7) is 1.92. The van der Waals surface area contributed by atoms with Crippen molar-refractivity contribution in [3.05, 3.63) is 96.2 Å². The molecule has 0 aliphatic carbocycles. The lowest BCUT2D eigenvalue weighted by atomic mass is 10.1. The van der Waals surface area contributed by atoms with Crippen LogP contribution < -0.4 is 0 Å². The van der Waals surface area contributed by atoms with E-state index in [2.05, 4.69) is 20.3 Å². The van der Waals surface area contributed by atoms with Gasteiger partial charge in [-0.2, -0.15) is 5.10 Å². The number of nitrogens with one attached hydrogen (secondary N) is 1. The second-order valence-electron chi connectivity index (χ2n) is 7.35. The van der Waals surface area contributed by atoms with Crippen LogP contribution >= 0.6 is 0 Å². The zero-order valence-electron chi connectivity index (χ0n) is 17.2. The van der Waals surface area contributed by atoms with Gasteiger partial charge in [0.15, 0.2) is 5.69 Å². The Morgan fingerprint density at radius 1 is 0.969 bits per heavy atom. The smallest absolute Gasteiger partial charge is 0.314 e. The molecule has 0 unspecified atom stereocenters. The standard InChI is InChI=1S/C25H19N5O2/c1-16-9-8-14-19-22(16)26-25(32)23(19)27-28-24(31)21-15-20(17-10-4-2-5-11-17)29-30(21)18-12-6-3-7-13-18/h2-15,26,32H,1H3. The Morgan fingerprint density at radius 3 is 2.44 bits per heavy atom. The normalized spacial score (nSPS) is 11.4. The first-order valence-corrected chi connectivity index (χ1v) is 10.1. The number of aromatic amines is 1. The molecule has 0 aliphatic heterocycles. The summed E-state index contributed by atoms with van der Waals surface area (Å²) in [6.07, 6.45) is 0. The van der Waals surface area contributed by atoms with Crippen LogP contribution in [0.5, 0.6) is 5.88 Å². The summed E-state index contributed by atoms with van der Waals surface area (Å²) >= 11 is 0. The van der Waals surface area contributed by atoms with Crippen molar-refractivity contribution in [2.24, 2.45) is 10.2 Å². The molecule has 0 bridgehead atoms. The highest BCUT2D eigenvalue weighted by Crippen LogP contribution is 2.36. The maximum absolute atomic E-state index is 13.1. The fraction of sp³-hybridized carbons (Fsp3) is 0.0400. The van der Waals surface area contributed by atoms with E-state index in [1.807, 2.05) is 85.8 Å². The Kier molecular flexibility index (Phi) is 4.84. The summed E-state index contributed by atoms with van der Waals surface area (Å²) in [6, 6.07) is 26.3. The predicted octanol–water partition coefficient (Wildman–Crippen LogP) is 5.96. The highest BCUT2D eigenvalue weighted by atomic mass is 16.3. The Hall–Kier alpha value is -4.52. The molecule has 2 aromatic heterocycles. The maximum atomic E-state index is 13.1. The van der Waals surface area contributed by atoms with Gasteiger partial charge in [0.05, 0.1) is 16.9 Å². The van der Waals surface area contributed by atoms with E-state index in [1.54, 1.807) is 10.7 Å². The van der Waals surface area contributed by atoms with E-state index in [0.29, 0.717) is 11.1 Å². The van der Waals surface area contributed by atoms with Gasteiger partial charge in [0.25, 0.3) is 0 Å². The first kappa shape index (κ1) is 19.4. The van der Waals surface area contributed by atoms with Crippen LogP contribution in [0.4, 0.5) is 5.69 Å². The number of hydrogen-bond donors (Lipinski definition) is 2. The molecule has 32 heavy (non-hydrogen) atoms. The molecule has 7 nitrogen and oxygen atoms in total. The number of para-hydroxylation sites is 2. The Balaban J connectivity index is 1.57. The molecular formula is C25H19N5O2. The number of aryl methyl sites for hydroxylation is 1. The lowest BCUT2D eigenvalue weighted by molar-refractivity contribution is 0.0987. The van der Waals surface area contributed by atoms with Crippen LogP contribution in [-0.2, 0) is 0 Å². The minimum absolute atomic E-state index is 0.132. The van der Waals surface area contributed by atoms with Crippen molar-refractivity contribution in [1.29, 1.82) is 0 Å². The van der Waals surface area contributed by atoms with Crippen LogP contribution in [0, 0.1) is 6.92 Å². The molecule has 0 saturated carbocycles. The van der Waals surface area contributed by atoms with Crippen molar-refractivity contribution >= 4 is 22.5 Å². The molecule has 0 fully saturated rings. The van der Waals surface area contributed by atoms with Gasteiger partial charge in [-0.05, 0) is 30.7 Å². The third kappa shape index (κ3) is 3.45. The number of H-pyrrole nitrogens is 1. The van der Waals surface area contributed by atoms with Crippen LogP contribution in [0.1, 0.15) is 16.1 Å². The maximum Gasteiger partial charge on any atom is 0.314 e. The zero-order valence-corrected chi connectivity index (χ0v) is 17.2. The zero-order chi connectivity index (χ0) is 22.1. The topological polar surface area (TPSA) is 95.6 Å². The average Bonchev–Trinajstić information content (AvgIpc) is 3.41. The molecule has 1 amide bonds. The van der Waals surface area contributed by atoms with Crippen molar-refractivity contribution in [3.63, 3.8) is 0 Å². The van der Waals surface area contributed by atoms with Gasteiger partial charge in [0.1, 0.15) is 5.69 Å². The molecule has 5 rings (SSSR count). The number of carbonyl (C=O) groups is 1. The van der Waals surface area contributed by atoms with Crippen LogP contribution in [0.15, 0.2) is 95.2 Å². The van der Waals surface area contributed by atoms with Crippen molar-refractivity contribution in [1.82, 2.24) is 14.8 Å². The van der Waals surface area contributed by atoms with Gasteiger partial charge in [0.2, 0.25) is 5.88 Å². The van der Waals surface area contributed by atoms with Crippen LogP contribution in [-0.4, -0.2) is 25.8 Å². The molecule has 156 valence electrons. The Morgan fingerprint density at radius 2 is 1.69 bits per heavy atom. The molecule has 2 heterocycles. The highest BCUT2D eigenvalue weighted by molar-refractivity contribution is 5.98. The number of nitrogens with zero attached hydrogens (tertiary/aromatic N) is 4. The van der Waals surface area contributed by atoms with Crippen LogP contribution in [0.3, 0.4) is 0 Å². The largest absolute Gasteiger partial charge is 0.493 e. The number of carbonyl (C=O) groups excluding carboxylic acids is 1. The quantitative estimate of drug-likeness (QED) is 0.351. The molecule has 2 N–H and O–H groups in total. The molecule has 0 atom stereocenters. The highest BCUT2D eigenvalue weighted by Gasteiger charge is 2.18. The van der Waals surface area contributed by atoms with E-state index in [-0.39, 0.29) is 17.3 Å². The molecule has 0 spiro atoms. The van der Waals surface area contributed by atoms with Gasteiger partial charge in [0, 0.05) is 10.9 Å². The third-order valence-electron chi connectivity index (χ3n) is 5.24. The summed E-state index contributed by atoms with van der Waals surface area (Å²) in [4.78, 5) is 16.0. The van der Waals surface area contributed by atoms with Gasteiger partial charge in [-0.15, -0.1) is 10.2 Å². The van der Waals surface area contributed by atoms with Crippen molar-refractivity contribution in [2.45, 2.75) is 6.92 Å². The summed E-state index contributed by atoms with van der Waals surface area (Å²) in [5.74, 6) is -0.697. The molecular weight excluding hydrogens is 402 g/mol. The molecule has 0 radical (unpaired) electrons. The fourth-order valence-electron chi connectivity index (χ4n) is 3.63. The van der Waals surface area contributed by atoms with E-state index >= 15 is 0 Å². The minimum atomic E-state index is -0.565. The SMILES string of the molecule is Cc1cccc2c(N=NC(=O)c3cc(-c4ccccc4)nn3-c3ccccc3)c(O)[nH]c12. The van der Waals surface area contributed by atoms with Crippen LogP contribution in [0.25, 0.3) is 27.8 Å². The molecule has 3 aromatic carbocycles. The van der Waals surface area contributed by atoms with Gasteiger partial charge in [-0.25, -0.2) is 4.68 Å². The number of rotatable bonds is 4. The monoisotopic (exact) mass is 421 g/mol. The number of benzene rings is 3. The van der Waals surface area contributed by atoms with E-state index in [0.717, 1.165) is 22.3 Å². The Labute approximate surface area is 183 Å². The third-order valence-corrected chi connectivity index (χ3v) is 5.24. The number of fused-ring (bicyclic) bond motifs is 1. The molecule has 0 aliphatic rings. The number of amides is 1. The lowest BCUT2D eigenvalue weighted by Crippen LogP contribution is -2.06. The average molecular weight is 421 g/mol. The molecule has 7 heteroatoms. The van der Waals surface area contributed by atoms with E-state index < -0.39 is 5.91 Å². The van der Waals surface area contributed by atoms with E-state index in [9.17, 15) is 9.90 Å².